The lowest BCUT2D eigenvalue weighted by molar-refractivity contribution is 0.111. The average molecular weight is 296 g/mol. The van der Waals surface area contributed by atoms with Crippen molar-refractivity contribution in [3.8, 4) is 0 Å². The molecule has 0 aliphatic heterocycles. The van der Waals surface area contributed by atoms with Crippen LogP contribution in [0.4, 0.5) is 8.78 Å². The fourth-order valence-corrected chi connectivity index (χ4v) is 3.01. The van der Waals surface area contributed by atoms with Gasteiger partial charge in [-0.05, 0) is 18.1 Å². The van der Waals surface area contributed by atoms with Crippen molar-refractivity contribution < 1.29 is 13.6 Å². The first-order valence-electron chi connectivity index (χ1n) is 6.08. The van der Waals surface area contributed by atoms with E-state index in [9.17, 15) is 13.6 Å². The Labute approximate surface area is 120 Å². The Morgan fingerprint density at radius 1 is 1.25 bits per heavy atom. The molecule has 0 amide bonds. The molecule has 2 rings (SSSR count). The van der Waals surface area contributed by atoms with Crippen LogP contribution in [0.3, 0.4) is 0 Å². The Balaban J connectivity index is 2.46. The highest BCUT2D eigenvalue weighted by Gasteiger charge is 2.18. The van der Waals surface area contributed by atoms with Gasteiger partial charge in [0.1, 0.15) is 16.7 Å². The SMILES string of the molecule is CC(C)c1nc(C=O)n(C)c1Sc1cc(F)cc(F)c1. The predicted octanol–water partition coefficient (Wildman–Crippen LogP) is 3.79. The molecule has 1 aromatic heterocycles. The number of hydrogen-bond acceptors (Lipinski definition) is 3. The van der Waals surface area contributed by atoms with E-state index in [1.165, 1.54) is 23.9 Å². The van der Waals surface area contributed by atoms with E-state index < -0.39 is 11.6 Å². The van der Waals surface area contributed by atoms with Crippen LogP contribution in [0.15, 0.2) is 28.1 Å². The van der Waals surface area contributed by atoms with Gasteiger partial charge in [-0.15, -0.1) is 0 Å². The second-order valence-electron chi connectivity index (χ2n) is 4.70. The molecule has 0 bridgehead atoms. The van der Waals surface area contributed by atoms with Gasteiger partial charge in [-0.25, -0.2) is 13.8 Å². The number of imidazole rings is 1. The Bertz CT molecular complexity index is 633. The minimum absolute atomic E-state index is 0.107. The lowest BCUT2D eigenvalue weighted by Crippen LogP contribution is -1.97. The van der Waals surface area contributed by atoms with Gasteiger partial charge in [-0.3, -0.25) is 4.79 Å². The highest BCUT2D eigenvalue weighted by Crippen LogP contribution is 2.34. The molecule has 0 saturated heterocycles. The Morgan fingerprint density at radius 3 is 2.35 bits per heavy atom. The third kappa shape index (κ3) is 2.90. The minimum Gasteiger partial charge on any atom is -0.320 e. The van der Waals surface area contributed by atoms with Gasteiger partial charge in [0, 0.05) is 18.0 Å². The first kappa shape index (κ1) is 14.7. The van der Waals surface area contributed by atoms with Crippen LogP contribution in [-0.2, 0) is 7.05 Å². The molecule has 0 radical (unpaired) electrons. The number of halogens is 2. The molecule has 1 aromatic carbocycles. The number of carbonyl (C=O) groups is 1. The smallest absolute Gasteiger partial charge is 0.185 e. The molecular weight excluding hydrogens is 282 g/mol. The molecule has 2 aromatic rings. The number of aldehydes is 1. The van der Waals surface area contributed by atoms with Crippen LogP contribution in [0.5, 0.6) is 0 Å². The Kier molecular flexibility index (Phi) is 4.23. The van der Waals surface area contributed by atoms with Crippen molar-refractivity contribution in [2.24, 2.45) is 7.05 Å². The van der Waals surface area contributed by atoms with E-state index >= 15 is 0 Å². The van der Waals surface area contributed by atoms with Gasteiger partial charge in [-0.2, -0.15) is 0 Å². The van der Waals surface area contributed by atoms with Crippen LogP contribution in [0.1, 0.15) is 36.1 Å². The van der Waals surface area contributed by atoms with E-state index in [0.29, 0.717) is 22.0 Å². The fourth-order valence-electron chi connectivity index (χ4n) is 1.82. The fraction of sp³-hybridized carbons (Fsp3) is 0.286. The first-order valence-corrected chi connectivity index (χ1v) is 6.89. The highest BCUT2D eigenvalue weighted by molar-refractivity contribution is 7.99. The van der Waals surface area contributed by atoms with Crippen molar-refractivity contribution in [1.82, 2.24) is 9.55 Å². The quantitative estimate of drug-likeness (QED) is 0.805. The van der Waals surface area contributed by atoms with Crippen molar-refractivity contribution in [2.75, 3.05) is 0 Å². The van der Waals surface area contributed by atoms with Crippen LogP contribution in [0.2, 0.25) is 0 Å². The number of hydrogen-bond donors (Lipinski definition) is 0. The molecule has 1 heterocycles. The zero-order chi connectivity index (χ0) is 14.9. The zero-order valence-corrected chi connectivity index (χ0v) is 12.2. The Morgan fingerprint density at radius 2 is 1.85 bits per heavy atom. The number of benzene rings is 1. The number of rotatable bonds is 4. The summed E-state index contributed by atoms with van der Waals surface area (Å²) in [6.45, 7) is 3.90. The summed E-state index contributed by atoms with van der Waals surface area (Å²) in [4.78, 5) is 15.7. The molecule has 0 atom stereocenters. The molecule has 0 saturated carbocycles. The van der Waals surface area contributed by atoms with Gasteiger partial charge in [0.2, 0.25) is 0 Å². The summed E-state index contributed by atoms with van der Waals surface area (Å²) < 4.78 is 28.1. The second kappa shape index (κ2) is 5.75. The highest BCUT2D eigenvalue weighted by atomic mass is 32.2. The van der Waals surface area contributed by atoms with Crippen LogP contribution < -0.4 is 0 Å². The van der Waals surface area contributed by atoms with Gasteiger partial charge in [-0.1, -0.05) is 25.6 Å². The van der Waals surface area contributed by atoms with E-state index in [-0.39, 0.29) is 5.92 Å². The summed E-state index contributed by atoms with van der Waals surface area (Å²) in [7, 11) is 1.71. The molecule has 0 aliphatic carbocycles. The summed E-state index contributed by atoms with van der Waals surface area (Å²) in [6.07, 6.45) is 0.669. The van der Waals surface area contributed by atoms with Crippen molar-refractivity contribution in [2.45, 2.75) is 29.7 Å². The maximum absolute atomic E-state index is 13.2. The van der Waals surface area contributed by atoms with Gasteiger partial charge >= 0.3 is 0 Å². The monoisotopic (exact) mass is 296 g/mol. The maximum atomic E-state index is 13.2. The molecule has 20 heavy (non-hydrogen) atoms. The van der Waals surface area contributed by atoms with Crippen LogP contribution in [-0.4, -0.2) is 15.8 Å². The summed E-state index contributed by atoms with van der Waals surface area (Å²) in [5.74, 6) is -0.850. The van der Waals surface area contributed by atoms with Crippen molar-refractivity contribution in [1.29, 1.82) is 0 Å². The van der Waals surface area contributed by atoms with Crippen molar-refractivity contribution in [3.63, 3.8) is 0 Å². The number of aromatic nitrogens is 2. The van der Waals surface area contributed by atoms with Crippen LogP contribution in [0, 0.1) is 11.6 Å². The van der Waals surface area contributed by atoms with Gasteiger partial charge < -0.3 is 4.57 Å². The summed E-state index contributed by atoms with van der Waals surface area (Å²) in [5.41, 5.74) is 0.740. The van der Waals surface area contributed by atoms with E-state index in [1.54, 1.807) is 11.6 Å². The molecule has 6 heteroatoms. The molecule has 0 spiro atoms. The zero-order valence-electron chi connectivity index (χ0n) is 11.4. The average Bonchev–Trinajstić information content (AvgIpc) is 2.65. The van der Waals surface area contributed by atoms with Crippen LogP contribution >= 0.6 is 11.8 Å². The summed E-state index contributed by atoms with van der Waals surface area (Å²) in [6, 6.07) is 3.34. The van der Waals surface area contributed by atoms with Gasteiger partial charge in [0.25, 0.3) is 0 Å². The van der Waals surface area contributed by atoms with Gasteiger partial charge in [0.05, 0.1) is 5.69 Å². The predicted molar refractivity (Wildman–Crippen MR) is 73.2 cm³/mol. The first-order chi connectivity index (χ1) is 9.42. The third-order valence-corrected chi connectivity index (χ3v) is 3.95. The molecule has 3 nitrogen and oxygen atoms in total. The topological polar surface area (TPSA) is 34.9 Å². The van der Waals surface area contributed by atoms with Crippen molar-refractivity contribution in [3.05, 3.63) is 41.4 Å². The lowest BCUT2D eigenvalue weighted by atomic mass is 10.2. The van der Waals surface area contributed by atoms with E-state index in [4.69, 9.17) is 0 Å². The lowest BCUT2D eigenvalue weighted by Gasteiger charge is -2.08. The van der Waals surface area contributed by atoms with E-state index in [2.05, 4.69) is 4.98 Å². The molecule has 0 unspecified atom stereocenters. The summed E-state index contributed by atoms with van der Waals surface area (Å²) >= 11 is 1.20. The van der Waals surface area contributed by atoms with E-state index in [1.807, 2.05) is 13.8 Å². The summed E-state index contributed by atoms with van der Waals surface area (Å²) in [5, 5.41) is 0.715. The number of nitrogens with zero attached hydrogens (tertiary/aromatic N) is 2. The maximum Gasteiger partial charge on any atom is 0.185 e. The number of carbonyl (C=O) groups excluding carboxylic acids is 1. The van der Waals surface area contributed by atoms with Crippen molar-refractivity contribution >= 4 is 18.0 Å². The standard InChI is InChI=1S/C14H14F2N2OS/c1-8(2)13-14(18(3)12(7-19)17-13)20-11-5-9(15)4-10(16)6-11/h4-8H,1-3H3. The molecule has 106 valence electrons. The molecule has 0 aliphatic rings. The van der Waals surface area contributed by atoms with E-state index in [0.717, 1.165) is 11.8 Å². The minimum atomic E-state index is -0.628. The molecular formula is C14H14F2N2OS. The van der Waals surface area contributed by atoms with Crippen LogP contribution in [0.25, 0.3) is 0 Å². The van der Waals surface area contributed by atoms with Gasteiger partial charge in [0.15, 0.2) is 12.1 Å². The Hall–Kier alpha value is -1.69. The third-order valence-electron chi connectivity index (χ3n) is 2.81. The molecule has 0 fully saturated rings. The second-order valence-corrected chi connectivity index (χ2v) is 5.76. The molecule has 0 N–H and O–H groups in total. The normalized spacial score (nSPS) is 11.1. The largest absolute Gasteiger partial charge is 0.320 e.